The molecule has 0 heterocycles. The third-order valence-corrected chi connectivity index (χ3v) is 0.958. The first-order valence-corrected chi connectivity index (χ1v) is 3.38. The van der Waals surface area contributed by atoms with E-state index < -0.39 is 21.0 Å². The summed E-state index contributed by atoms with van der Waals surface area (Å²) in [5.74, 6) is 0. The molecule has 0 spiro atoms. The Hall–Kier alpha value is -0.0600. The van der Waals surface area contributed by atoms with Crippen LogP contribution >= 0.6 is 8.25 Å². The zero-order chi connectivity index (χ0) is 7.28. The SMILES string of the molecule is O=[P](O)OCC(O)CO. The maximum absolute atomic E-state index is 9.75. The molecule has 3 N–H and O–H groups in total. The van der Waals surface area contributed by atoms with Crippen molar-refractivity contribution in [2.24, 2.45) is 0 Å². The summed E-state index contributed by atoms with van der Waals surface area (Å²) in [7, 11) is -2.66. The lowest BCUT2D eigenvalue weighted by atomic mass is 10.4. The van der Waals surface area contributed by atoms with Crippen LogP contribution < -0.4 is 0 Å². The van der Waals surface area contributed by atoms with Gasteiger partial charge in [0.25, 0.3) is 0 Å². The molecule has 0 bridgehead atoms. The van der Waals surface area contributed by atoms with Crippen molar-refractivity contribution in [3.05, 3.63) is 0 Å². The average Bonchev–Trinajstić information content (AvgIpc) is 1.83. The van der Waals surface area contributed by atoms with E-state index in [0.717, 1.165) is 0 Å². The molecule has 2 atom stereocenters. The molecule has 0 aliphatic carbocycles. The van der Waals surface area contributed by atoms with Crippen LogP contribution in [0, 0.1) is 0 Å². The van der Waals surface area contributed by atoms with Gasteiger partial charge in [0.2, 0.25) is 0 Å². The quantitative estimate of drug-likeness (QED) is 0.453. The molecular formula is C3H8O5P. The average molecular weight is 155 g/mol. The van der Waals surface area contributed by atoms with Crippen molar-refractivity contribution in [3.8, 4) is 0 Å². The van der Waals surface area contributed by atoms with Crippen molar-refractivity contribution >= 4 is 8.25 Å². The van der Waals surface area contributed by atoms with Crippen LogP contribution in [0.2, 0.25) is 0 Å². The van der Waals surface area contributed by atoms with Crippen LogP contribution in [0.4, 0.5) is 0 Å². The van der Waals surface area contributed by atoms with E-state index >= 15 is 0 Å². The van der Waals surface area contributed by atoms with Crippen LogP contribution in [-0.4, -0.2) is 34.4 Å². The minimum atomic E-state index is -2.66. The topological polar surface area (TPSA) is 87.0 Å². The summed E-state index contributed by atoms with van der Waals surface area (Å²) < 4.78 is 13.8. The third kappa shape index (κ3) is 5.82. The minimum Gasteiger partial charge on any atom is -0.394 e. The Morgan fingerprint density at radius 1 is 1.67 bits per heavy atom. The van der Waals surface area contributed by atoms with Crippen molar-refractivity contribution in [2.45, 2.75) is 6.10 Å². The fourth-order valence-corrected chi connectivity index (χ4v) is 0.502. The molecule has 0 aromatic heterocycles. The molecule has 0 fully saturated rings. The Labute approximate surface area is 52.8 Å². The Bertz CT molecular complexity index is 94.2. The lowest BCUT2D eigenvalue weighted by molar-refractivity contribution is 0.0525. The van der Waals surface area contributed by atoms with E-state index in [-0.39, 0.29) is 6.61 Å². The predicted octanol–water partition coefficient (Wildman–Crippen LogP) is -0.994. The summed E-state index contributed by atoms with van der Waals surface area (Å²) in [6.07, 6.45) is -1.07. The van der Waals surface area contributed by atoms with Crippen molar-refractivity contribution in [3.63, 3.8) is 0 Å². The number of aliphatic hydroxyl groups excluding tert-OH is 2. The summed E-state index contributed by atoms with van der Waals surface area (Å²) in [5, 5.41) is 16.6. The molecule has 1 radical (unpaired) electrons. The second-order valence-corrected chi connectivity index (χ2v) is 2.10. The first-order chi connectivity index (χ1) is 4.16. The van der Waals surface area contributed by atoms with E-state index in [4.69, 9.17) is 15.1 Å². The van der Waals surface area contributed by atoms with Gasteiger partial charge in [-0.15, -0.1) is 0 Å². The maximum atomic E-state index is 9.75. The second-order valence-electron chi connectivity index (χ2n) is 1.37. The van der Waals surface area contributed by atoms with Gasteiger partial charge in [-0.2, -0.15) is 0 Å². The predicted molar refractivity (Wildman–Crippen MR) is 28.9 cm³/mol. The van der Waals surface area contributed by atoms with E-state index in [9.17, 15) is 4.57 Å². The molecule has 0 rings (SSSR count). The Balaban J connectivity index is 3.16. The van der Waals surface area contributed by atoms with Crippen LogP contribution in [0.25, 0.3) is 0 Å². The van der Waals surface area contributed by atoms with Gasteiger partial charge >= 0.3 is 8.25 Å². The first-order valence-electron chi connectivity index (χ1n) is 2.24. The number of hydrogen-bond acceptors (Lipinski definition) is 4. The van der Waals surface area contributed by atoms with Crippen LogP contribution in [0.15, 0.2) is 0 Å². The molecule has 0 aromatic rings. The highest BCUT2D eigenvalue weighted by Crippen LogP contribution is 2.13. The van der Waals surface area contributed by atoms with Gasteiger partial charge < -0.3 is 10.2 Å². The van der Waals surface area contributed by atoms with Gasteiger partial charge in [-0.05, 0) is 0 Å². The van der Waals surface area contributed by atoms with Gasteiger partial charge in [-0.25, -0.2) is 4.57 Å². The molecular weight excluding hydrogens is 147 g/mol. The second kappa shape index (κ2) is 4.78. The Kier molecular flexibility index (Phi) is 4.75. The highest BCUT2D eigenvalue weighted by atomic mass is 31.1. The summed E-state index contributed by atoms with van der Waals surface area (Å²) in [6.45, 7) is -0.786. The number of hydrogen-bond donors (Lipinski definition) is 3. The fraction of sp³-hybridized carbons (Fsp3) is 1.00. The van der Waals surface area contributed by atoms with E-state index in [1.807, 2.05) is 0 Å². The summed E-state index contributed by atoms with van der Waals surface area (Å²) in [5.41, 5.74) is 0. The van der Waals surface area contributed by atoms with Crippen molar-refractivity contribution in [2.75, 3.05) is 13.2 Å². The Morgan fingerprint density at radius 2 is 2.22 bits per heavy atom. The van der Waals surface area contributed by atoms with E-state index in [2.05, 4.69) is 4.52 Å². The molecule has 55 valence electrons. The van der Waals surface area contributed by atoms with Gasteiger partial charge in [0.05, 0.1) is 13.2 Å². The molecule has 0 aromatic carbocycles. The zero-order valence-electron chi connectivity index (χ0n) is 4.60. The molecule has 0 amide bonds. The molecule has 0 aliphatic heterocycles. The van der Waals surface area contributed by atoms with Crippen molar-refractivity contribution in [1.82, 2.24) is 0 Å². The molecule has 2 unspecified atom stereocenters. The van der Waals surface area contributed by atoms with Crippen LogP contribution in [0.3, 0.4) is 0 Å². The van der Waals surface area contributed by atoms with Crippen molar-refractivity contribution < 1.29 is 24.2 Å². The van der Waals surface area contributed by atoms with Gasteiger partial charge in [-0.1, -0.05) is 0 Å². The molecule has 0 saturated carbocycles. The highest BCUT2D eigenvalue weighted by Gasteiger charge is 2.03. The summed E-state index contributed by atoms with van der Waals surface area (Å²) in [4.78, 5) is 7.99. The van der Waals surface area contributed by atoms with E-state index in [0.29, 0.717) is 0 Å². The normalized spacial score (nSPS) is 15.2. The zero-order valence-corrected chi connectivity index (χ0v) is 5.49. The molecule has 9 heavy (non-hydrogen) atoms. The first kappa shape index (κ1) is 8.94. The largest absolute Gasteiger partial charge is 0.394 e. The number of rotatable bonds is 4. The van der Waals surface area contributed by atoms with Gasteiger partial charge in [-0.3, -0.25) is 9.42 Å². The van der Waals surface area contributed by atoms with Crippen LogP contribution in [0.5, 0.6) is 0 Å². The summed E-state index contributed by atoms with van der Waals surface area (Å²) in [6, 6.07) is 0. The maximum Gasteiger partial charge on any atom is 0.366 e. The minimum absolute atomic E-state index is 0.317. The molecule has 6 heteroatoms. The van der Waals surface area contributed by atoms with Crippen LogP contribution in [0.1, 0.15) is 0 Å². The van der Waals surface area contributed by atoms with Gasteiger partial charge in [0.1, 0.15) is 6.10 Å². The highest BCUT2D eigenvalue weighted by molar-refractivity contribution is 7.32. The van der Waals surface area contributed by atoms with Gasteiger partial charge in [0, 0.05) is 0 Å². The third-order valence-electron chi connectivity index (χ3n) is 0.588. The van der Waals surface area contributed by atoms with Gasteiger partial charge in [0.15, 0.2) is 0 Å². The van der Waals surface area contributed by atoms with Crippen LogP contribution in [-0.2, 0) is 9.09 Å². The fourth-order valence-electron chi connectivity index (χ4n) is 0.203. The number of aliphatic hydroxyl groups is 2. The monoisotopic (exact) mass is 155 g/mol. The summed E-state index contributed by atoms with van der Waals surface area (Å²) >= 11 is 0. The van der Waals surface area contributed by atoms with E-state index in [1.165, 1.54) is 0 Å². The Morgan fingerprint density at radius 3 is 2.56 bits per heavy atom. The molecule has 0 saturated heterocycles. The molecule has 0 aliphatic rings. The lowest BCUT2D eigenvalue weighted by Gasteiger charge is -2.02. The van der Waals surface area contributed by atoms with E-state index in [1.54, 1.807) is 0 Å². The smallest absolute Gasteiger partial charge is 0.366 e. The lowest BCUT2D eigenvalue weighted by Crippen LogP contribution is -2.17. The molecule has 5 nitrogen and oxygen atoms in total. The standard InChI is InChI=1S/C3H8O5P/c4-1-3(5)2-8-9(6)7/h3-5H,1-2H2,(H,6,7). The van der Waals surface area contributed by atoms with Crippen molar-refractivity contribution in [1.29, 1.82) is 0 Å².